The van der Waals surface area contributed by atoms with Gasteiger partial charge in [0.2, 0.25) is 0 Å². The highest BCUT2D eigenvalue weighted by Crippen LogP contribution is 2.49. The van der Waals surface area contributed by atoms with Gasteiger partial charge >= 0.3 is 0 Å². The molecule has 0 aliphatic heterocycles. The molecule has 0 aliphatic carbocycles. The number of hydrogen-bond acceptors (Lipinski definition) is 1. The predicted octanol–water partition coefficient (Wildman–Crippen LogP) is 11.1. The molecule has 9 aromatic rings. The van der Waals surface area contributed by atoms with Crippen LogP contribution in [0, 0.1) is 0 Å². The second kappa shape index (κ2) is 8.29. The minimum Gasteiger partial charge on any atom is -0.308 e. The molecule has 0 bridgehead atoms. The van der Waals surface area contributed by atoms with E-state index in [0.717, 1.165) is 0 Å². The Hall–Kier alpha value is -4.92. The molecule has 0 radical (unpaired) electrons. The van der Waals surface area contributed by atoms with Crippen molar-refractivity contribution in [2.45, 2.75) is 0 Å². The van der Waals surface area contributed by atoms with E-state index in [2.05, 4.69) is 144 Å². The van der Waals surface area contributed by atoms with Crippen LogP contribution in [-0.2, 0) is 0 Å². The van der Waals surface area contributed by atoms with Crippen LogP contribution in [0.25, 0.3) is 80.3 Å². The molecule has 0 aliphatic rings. The molecular weight excluding hydrogens is 502 g/mol. The Kier molecular flexibility index (Phi) is 4.55. The van der Waals surface area contributed by atoms with Gasteiger partial charge in [-0.05, 0) is 56.9 Å². The van der Waals surface area contributed by atoms with Gasteiger partial charge < -0.3 is 4.57 Å². The van der Waals surface area contributed by atoms with Gasteiger partial charge in [0, 0.05) is 31.9 Å². The van der Waals surface area contributed by atoms with E-state index in [1.807, 2.05) is 11.3 Å². The molecule has 0 atom stereocenters. The Bertz CT molecular complexity index is 2410. The third kappa shape index (κ3) is 2.97. The summed E-state index contributed by atoms with van der Waals surface area (Å²) in [6, 6.07) is 50.9. The van der Waals surface area contributed by atoms with Gasteiger partial charge in [-0.3, -0.25) is 0 Å². The molecule has 0 unspecified atom stereocenters. The van der Waals surface area contributed by atoms with Crippen molar-refractivity contribution >= 4 is 74.9 Å². The number of para-hydroxylation sites is 1. The molecule has 2 heteroatoms. The first-order chi connectivity index (χ1) is 19.9. The van der Waals surface area contributed by atoms with Crippen LogP contribution in [0.5, 0.6) is 0 Å². The predicted molar refractivity (Wildman–Crippen MR) is 174 cm³/mol. The molecule has 0 spiro atoms. The summed E-state index contributed by atoms with van der Waals surface area (Å²) in [4.78, 5) is 0. The number of nitrogens with zero attached hydrogens (tertiary/aromatic N) is 1. The van der Waals surface area contributed by atoms with Crippen molar-refractivity contribution in [2.75, 3.05) is 0 Å². The van der Waals surface area contributed by atoms with Crippen LogP contribution in [0.2, 0.25) is 0 Å². The van der Waals surface area contributed by atoms with Crippen molar-refractivity contribution in [3.05, 3.63) is 140 Å². The number of fused-ring (bicyclic) bond motifs is 12. The summed E-state index contributed by atoms with van der Waals surface area (Å²) in [6.45, 7) is 0. The van der Waals surface area contributed by atoms with Crippen LogP contribution in [0.3, 0.4) is 0 Å². The van der Waals surface area contributed by atoms with Crippen LogP contribution in [0.1, 0.15) is 0 Å². The average molecular weight is 526 g/mol. The zero-order chi connectivity index (χ0) is 26.2. The molecule has 9 rings (SSSR count). The van der Waals surface area contributed by atoms with E-state index in [1.165, 1.54) is 80.3 Å². The lowest BCUT2D eigenvalue weighted by atomic mass is 9.96. The maximum atomic E-state index is 2.49. The topological polar surface area (TPSA) is 4.93 Å². The molecule has 186 valence electrons. The Balaban J connectivity index is 1.49. The molecule has 0 N–H and O–H groups in total. The van der Waals surface area contributed by atoms with Crippen LogP contribution in [-0.4, -0.2) is 4.57 Å². The number of aromatic nitrogens is 1. The standard InChI is InChI=1S/C38H23NS/c1-2-10-24(11-3-1)25-18-21-27(22-19-25)39-32-17-9-8-16-31(32)34-29-14-6-7-15-30(29)36-35-28-13-5-4-12-26(28)20-23-33(35)40-38(36)37(34)39/h1-23H. The lowest BCUT2D eigenvalue weighted by Crippen LogP contribution is -1.94. The minimum atomic E-state index is 1.18. The largest absolute Gasteiger partial charge is 0.308 e. The van der Waals surface area contributed by atoms with Gasteiger partial charge in [-0.2, -0.15) is 0 Å². The van der Waals surface area contributed by atoms with Crippen molar-refractivity contribution in [2.24, 2.45) is 0 Å². The number of benzene rings is 7. The zero-order valence-electron chi connectivity index (χ0n) is 21.6. The summed E-state index contributed by atoms with van der Waals surface area (Å²) in [6.07, 6.45) is 0. The van der Waals surface area contributed by atoms with Crippen molar-refractivity contribution in [1.82, 2.24) is 4.57 Å². The van der Waals surface area contributed by atoms with Crippen LogP contribution < -0.4 is 0 Å². The minimum absolute atomic E-state index is 1.18. The van der Waals surface area contributed by atoms with E-state index in [4.69, 9.17) is 0 Å². The van der Waals surface area contributed by atoms with Gasteiger partial charge in [-0.1, -0.05) is 115 Å². The summed E-state index contributed by atoms with van der Waals surface area (Å²) in [5.74, 6) is 0. The monoisotopic (exact) mass is 525 g/mol. The van der Waals surface area contributed by atoms with E-state index in [-0.39, 0.29) is 0 Å². The maximum absolute atomic E-state index is 2.49. The Labute approximate surface area is 235 Å². The average Bonchev–Trinajstić information content (AvgIpc) is 3.59. The van der Waals surface area contributed by atoms with Crippen molar-refractivity contribution < 1.29 is 0 Å². The molecule has 0 amide bonds. The van der Waals surface area contributed by atoms with Crippen LogP contribution >= 0.6 is 11.3 Å². The third-order valence-corrected chi connectivity index (χ3v) is 9.53. The van der Waals surface area contributed by atoms with E-state index >= 15 is 0 Å². The first-order valence-corrected chi connectivity index (χ1v) is 14.5. The molecule has 1 nitrogen and oxygen atoms in total. The second-order valence-electron chi connectivity index (χ2n) is 10.5. The molecule has 0 fully saturated rings. The fourth-order valence-corrected chi connectivity index (χ4v) is 7.92. The molecule has 7 aromatic carbocycles. The van der Waals surface area contributed by atoms with Crippen LogP contribution in [0.4, 0.5) is 0 Å². The zero-order valence-corrected chi connectivity index (χ0v) is 22.5. The number of thiophene rings is 1. The molecule has 0 saturated heterocycles. The fraction of sp³-hybridized carbons (Fsp3) is 0. The smallest absolute Gasteiger partial charge is 0.0726 e. The van der Waals surface area contributed by atoms with Gasteiger partial charge in [-0.25, -0.2) is 0 Å². The summed E-state index contributed by atoms with van der Waals surface area (Å²) in [5.41, 5.74) is 6.19. The Morgan fingerprint density at radius 3 is 1.85 bits per heavy atom. The molecule has 0 saturated carbocycles. The Morgan fingerprint density at radius 1 is 0.425 bits per heavy atom. The number of rotatable bonds is 2. The van der Waals surface area contributed by atoms with E-state index in [0.29, 0.717) is 0 Å². The first kappa shape index (κ1) is 22.0. The van der Waals surface area contributed by atoms with Gasteiger partial charge in [0.15, 0.2) is 0 Å². The first-order valence-electron chi connectivity index (χ1n) is 13.7. The van der Waals surface area contributed by atoms with E-state index < -0.39 is 0 Å². The normalized spacial score (nSPS) is 12.0. The van der Waals surface area contributed by atoms with Gasteiger partial charge in [0.25, 0.3) is 0 Å². The fourth-order valence-electron chi connectivity index (χ4n) is 6.64. The quantitative estimate of drug-likeness (QED) is 0.211. The maximum Gasteiger partial charge on any atom is 0.0726 e. The van der Waals surface area contributed by atoms with E-state index in [1.54, 1.807) is 0 Å². The highest BCUT2D eigenvalue weighted by atomic mass is 32.1. The molecule has 40 heavy (non-hydrogen) atoms. The summed E-state index contributed by atoms with van der Waals surface area (Å²) < 4.78 is 5.18. The molecule has 2 heterocycles. The summed E-state index contributed by atoms with van der Waals surface area (Å²) >= 11 is 1.92. The van der Waals surface area contributed by atoms with Crippen molar-refractivity contribution in [3.8, 4) is 16.8 Å². The lowest BCUT2D eigenvalue weighted by Gasteiger charge is -2.11. The van der Waals surface area contributed by atoms with Gasteiger partial charge in [-0.15, -0.1) is 11.3 Å². The summed E-state index contributed by atoms with van der Waals surface area (Å²) in [5, 5.41) is 10.6. The van der Waals surface area contributed by atoms with Crippen molar-refractivity contribution in [1.29, 1.82) is 0 Å². The van der Waals surface area contributed by atoms with Crippen LogP contribution in [0.15, 0.2) is 140 Å². The van der Waals surface area contributed by atoms with E-state index in [9.17, 15) is 0 Å². The van der Waals surface area contributed by atoms with Crippen molar-refractivity contribution in [3.63, 3.8) is 0 Å². The second-order valence-corrected chi connectivity index (χ2v) is 11.6. The SMILES string of the molecule is c1ccc(-c2ccc(-n3c4ccccc4c4c5ccccc5c5c(sc6ccc7ccccc7c65)c43)cc2)cc1. The molecular formula is C38H23NS. The number of hydrogen-bond donors (Lipinski definition) is 0. The third-order valence-electron chi connectivity index (χ3n) is 8.37. The highest BCUT2D eigenvalue weighted by molar-refractivity contribution is 7.27. The lowest BCUT2D eigenvalue weighted by molar-refractivity contribution is 1.19. The van der Waals surface area contributed by atoms with Gasteiger partial charge in [0.05, 0.1) is 15.7 Å². The highest BCUT2D eigenvalue weighted by Gasteiger charge is 2.22. The molecule has 2 aromatic heterocycles. The van der Waals surface area contributed by atoms with Gasteiger partial charge in [0.1, 0.15) is 0 Å². The Morgan fingerprint density at radius 2 is 1.05 bits per heavy atom. The summed E-state index contributed by atoms with van der Waals surface area (Å²) in [7, 11) is 0.